The number of nitrogens with one attached hydrogen (secondary N) is 2. The molecule has 5 heteroatoms. The van der Waals surface area contributed by atoms with E-state index in [1.165, 1.54) is 0 Å². The van der Waals surface area contributed by atoms with Crippen LogP contribution in [-0.2, 0) is 4.79 Å². The predicted octanol–water partition coefficient (Wildman–Crippen LogP) is -1.20. The fourth-order valence-electron chi connectivity index (χ4n) is 1.03. The monoisotopic (exact) mass is 190 g/mol. The highest BCUT2D eigenvalue weighted by Gasteiger charge is 2.20. The largest absolute Gasteiger partial charge is 0.395 e. The van der Waals surface area contributed by atoms with E-state index in [1.807, 2.05) is 0 Å². The second kappa shape index (κ2) is 5.40. The lowest BCUT2D eigenvalue weighted by Crippen LogP contribution is -2.43. The molecule has 0 radical (unpaired) electrons. The van der Waals surface area contributed by atoms with Crippen molar-refractivity contribution in [2.24, 2.45) is 0 Å². The van der Waals surface area contributed by atoms with Crippen molar-refractivity contribution in [1.82, 2.24) is 10.6 Å². The third-order valence-corrected chi connectivity index (χ3v) is 2.85. The third kappa shape index (κ3) is 3.00. The van der Waals surface area contributed by atoms with Crippen molar-refractivity contribution in [3.63, 3.8) is 0 Å². The summed E-state index contributed by atoms with van der Waals surface area (Å²) >= 11 is 1.67. The number of aliphatic hydroxyl groups excluding tert-OH is 1. The summed E-state index contributed by atoms with van der Waals surface area (Å²) in [5.41, 5.74) is 0. The molecule has 4 nitrogen and oxygen atoms in total. The fourth-order valence-corrected chi connectivity index (χ4v) is 2.04. The standard InChI is InChI=1S/C7H14N2O2S/c10-3-1-9-7(11)6-5-8-2-4-12-6/h6,8,10H,1-5H2,(H,9,11). The quantitative estimate of drug-likeness (QED) is 0.523. The molecule has 3 N–H and O–H groups in total. The summed E-state index contributed by atoms with van der Waals surface area (Å²) in [7, 11) is 0. The summed E-state index contributed by atoms with van der Waals surface area (Å²) in [6, 6.07) is 0. The lowest BCUT2D eigenvalue weighted by Gasteiger charge is -2.21. The van der Waals surface area contributed by atoms with E-state index in [0.717, 1.165) is 18.8 Å². The van der Waals surface area contributed by atoms with Crippen LogP contribution in [0.25, 0.3) is 0 Å². The number of hydrogen-bond donors (Lipinski definition) is 3. The molecule has 12 heavy (non-hydrogen) atoms. The molecule has 1 atom stereocenters. The normalized spacial score (nSPS) is 23.6. The summed E-state index contributed by atoms with van der Waals surface area (Å²) in [6.45, 7) is 2.09. The van der Waals surface area contributed by atoms with Crippen molar-refractivity contribution in [3.05, 3.63) is 0 Å². The van der Waals surface area contributed by atoms with Gasteiger partial charge in [0, 0.05) is 25.4 Å². The Labute approximate surface area is 76.1 Å². The Kier molecular flexibility index (Phi) is 4.42. The Balaban J connectivity index is 2.20. The van der Waals surface area contributed by atoms with Crippen LogP contribution in [0.5, 0.6) is 0 Å². The third-order valence-electron chi connectivity index (χ3n) is 1.63. The number of thioether (sulfide) groups is 1. The van der Waals surface area contributed by atoms with Crippen LogP contribution in [0.4, 0.5) is 0 Å². The molecule has 1 aliphatic heterocycles. The van der Waals surface area contributed by atoms with Gasteiger partial charge >= 0.3 is 0 Å². The molecule has 70 valence electrons. The van der Waals surface area contributed by atoms with Crippen LogP contribution in [-0.4, -0.2) is 48.3 Å². The smallest absolute Gasteiger partial charge is 0.234 e. The first-order chi connectivity index (χ1) is 5.84. The molecule has 0 spiro atoms. The van der Waals surface area contributed by atoms with Gasteiger partial charge in [0.25, 0.3) is 0 Å². The SMILES string of the molecule is O=C(NCCO)C1CNCCS1. The second-order valence-corrected chi connectivity index (χ2v) is 3.89. The van der Waals surface area contributed by atoms with Gasteiger partial charge in [-0.05, 0) is 0 Å². The maximum atomic E-state index is 11.3. The first kappa shape index (κ1) is 9.83. The predicted molar refractivity (Wildman–Crippen MR) is 49.2 cm³/mol. The Hall–Kier alpha value is -0.260. The average molecular weight is 190 g/mol. The molecule has 1 amide bonds. The van der Waals surface area contributed by atoms with Crippen molar-refractivity contribution in [3.8, 4) is 0 Å². The summed E-state index contributed by atoms with van der Waals surface area (Å²) in [5, 5.41) is 14.3. The zero-order chi connectivity index (χ0) is 8.81. The van der Waals surface area contributed by atoms with Crippen LogP contribution in [0.15, 0.2) is 0 Å². The molecule has 0 aliphatic carbocycles. The molecule has 1 rings (SSSR count). The molecule has 0 aromatic heterocycles. The Morgan fingerprint density at radius 2 is 2.58 bits per heavy atom. The van der Waals surface area contributed by atoms with Gasteiger partial charge in [0.15, 0.2) is 0 Å². The zero-order valence-corrected chi connectivity index (χ0v) is 7.69. The Morgan fingerprint density at radius 1 is 1.75 bits per heavy atom. The topological polar surface area (TPSA) is 61.4 Å². The van der Waals surface area contributed by atoms with Gasteiger partial charge in [-0.15, -0.1) is 11.8 Å². The minimum atomic E-state index is 0.0105. The number of aliphatic hydroxyl groups is 1. The molecule has 1 fully saturated rings. The molecular weight excluding hydrogens is 176 g/mol. The van der Waals surface area contributed by atoms with E-state index in [4.69, 9.17) is 5.11 Å². The highest BCUT2D eigenvalue weighted by Crippen LogP contribution is 2.12. The van der Waals surface area contributed by atoms with E-state index < -0.39 is 0 Å². The van der Waals surface area contributed by atoms with Crippen LogP contribution in [0.2, 0.25) is 0 Å². The van der Waals surface area contributed by atoms with E-state index in [2.05, 4.69) is 10.6 Å². The lowest BCUT2D eigenvalue weighted by molar-refractivity contribution is -0.120. The molecule has 1 unspecified atom stereocenters. The molecular formula is C7H14N2O2S. The van der Waals surface area contributed by atoms with Crippen molar-refractivity contribution in [2.45, 2.75) is 5.25 Å². The summed E-state index contributed by atoms with van der Waals surface area (Å²) in [6.07, 6.45) is 0. The molecule has 0 saturated carbocycles. The Bertz CT molecular complexity index is 148. The average Bonchev–Trinajstić information content (AvgIpc) is 2.15. The van der Waals surface area contributed by atoms with Crippen molar-refractivity contribution >= 4 is 17.7 Å². The van der Waals surface area contributed by atoms with Gasteiger partial charge in [0.05, 0.1) is 11.9 Å². The zero-order valence-electron chi connectivity index (χ0n) is 6.88. The van der Waals surface area contributed by atoms with Crippen molar-refractivity contribution in [2.75, 3.05) is 32.0 Å². The minimum Gasteiger partial charge on any atom is -0.395 e. The molecule has 1 aliphatic rings. The van der Waals surface area contributed by atoms with Gasteiger partial charge < -0.3 is 15.7 Å². The minimum absolute atomic E-state index is 0.0105. The molecule has 0 aromatic rings. The van der Waals surface area contributed by atoms with Crippen LogP contribution in [0.3, 0.4) is 0 Å². The second-order valence-electron chi connectivity index (χ2n) is 2.58. The van der Waals surface area contributed by atoms with Crippen molar-refractivity contribution in [1.29, 1.82) is 0 Å². The van der Waals surface area contributed by atoms with Gasteiger partial charge in [-0.3, -0.25) is 4.79 Å². The number of hydrogen-bond acceptors (Lipinski definition) is 4. The number of carbonyl (C=O) groups excluding carboxylic acids is 1. The van der Waals surface area contributed by atoms with Gasteiger partial charge in [-0.1, -0.05) is 0 Å². The van der Waals surface area contributed by atoms with Gasteiger partial charge in [-0.25, -0.2) is 0 Å². The highest BCUT2D eigenvalue weighted by atomic mass is 32.2. The highest BCUT2D eigenvalue weighted by molar-refractivity contribution is 8.00. The maximum Gasteiger partial charge on any atom is 0.234 e. The van der Waals surface area contributed by atoms with Crippen LogP contribution in [0, 0.1) is 0 Å². The van der Waals surface area contributed by atoms with Crippen LogP contribution < -0.4 is 10.6 Å². The van der Waals surface area contributed by atoms with Crippen molar-refractivity contribution < 1.29 is 9.90 Å². The van der Waals surface area contributed by atoms with Gasteiger partial charge in [-0.2, -0.15) is 0 Å². The van der Waals surface area contributed by atoms with Gasteiger partial charge in [0.2, 0.25) is 5.91 Å². The van der Waals surface area contributed by atoms with Crippen LogP contribution >= 0.6 is 11.8 Å². The van der Waals surface area contributed by atoms with Gasteiger partial charge in [0.1, 0.15) is 0 Å². The first-order valence-electron chi connectivity index (χ1n) is 4.05. The first-order valence-corrected chi connectivity index (χ1v) is 5.10. The van der Waals surface area contributed by atoms with E-state index in [9.17, 15) is 4.79 Å². The van der Waals surface area contributed by atoms with E-state index in [1.54, 1.807) is 11.8 Å². The van der Waals surface area contributed by atoms with E-state index >= 15 is 0 Å². The summed E-state index contributed by atoms with van der Waals surface area (Å²) in [4.78, 5) is 11.3. The molecule has 1 saturated heterocycles. The summed E-state index contributed by atoms with van der Waals surface area (Å²) < 4.78 is 0. The maximum absolute atomic E-state index is 11.3. The molecule has 0 bridgehead atoms. The van der Waals surface area contributed by atoms with E-state index in [-0.39, 0.29) is 17.8 Å². The number of amides is 1. The number of rotatable bonds is 3. The Morgan fingerprint density at radius 3 is 3.17 bits per heavy atom. The fraction of sp³-hybridized carbons (Fsp3) is 0.857. The number of carbonyl (C=O) groups is 1. The van der Waals surface area contributed by atoms with E-state index in [0.29, 0.717) is 6.54 Å². The van der Waals surface area contributed by atoms with Crippen LogP contribution in [0.1, 0.15) is 0 Å². The molecule has 1 heterocycles. The summed E-state index contributed by atoms with van der Waals surface area (Å²) in [5.74, 6) is 1.01. The molecule has 0 aromatic carbocycles. The lowest BCUT2D eigenvalue weighted by atomic mass is 10.3.